The van der Waals surface area contributed by atoms with E-state index >= 15 is 0 Å². The van der Waals surface area contributed by atoms with Crippen molar-refractivity contribution in [3.05, 3.63) is 83.1 Å². The fourth-order valence-corrected chi connectivity index (χ4v) is 3.27. The van der Waals surface area contributed by atoms with Gasteiger partial charge in [-0.15, -0.1) is 0 Å². The number of benzene rings is 2. The van der Waals surface area contributed by atoms with Crippen LogP contribution >= 0.6 is 11.6 Å². The standard InChI is InChI=1S/C18H14ClN3O2S/c19-17-16(15-9-5-2-6-10-15)18(21-13-20-17)22-25(23,24)12-11-14-7-3-1-4-8-14/h1-13H,(H,20,21,22)/b12-11+. The van der Waals surface area contributed by atoms with Crippen molar-refractivity contribution >= 4 is 33.5 Å². The molecule has 7 heteroatoms. The van der Waals surface area contributed by atoms with E-state index in [-0.39, 0.29) is 11.0 Å². The van der Waals surface area contributed by atoms with Crippen LogP contribution in [0.2, 0.25) is 5.15 Å². The molecule has 5 nitrogen and oxygen atoms in total. The molecule has 0 amide bonds. The van der Waals surface area contributed by atoms with Crippen molar-refractivity contribution in [3.63, 3.8) is 0 Å². The third kappa shape index (κ3) is 4.43. The minimum Gasteiger partial charge on any atom is -0.263 e. The van der Waals surface area contributed by atoms with Crippen LogP contribution in [0.5, 0.6) is 0 Å². The second-order valence-corrected chi connectivity index (χ2v) is 7.04. The van der Waals surface area contributed by atoms with E-state index in [9.17, 15) is 8.42 Å². The van der Waals surface area contributed by atoms with Crippen molar-refractivity contribution < 1.29 is 8.42 Å². The van der Waals surface area contributed by atoms with Gasteiger partial charge in [-0.1, -0.05) is 72.3 Å². The molecule has 2 aromatic carbocycles. The van der Waals surface area contributed by atoms with Gasteiger partial charge in [-0.3, -0.25) is 4.72 Å². The molecule has 0 spiro atoms. The summed E-state index contributed by atoms with van der Waals surface area (Å²) < 4.78 is 27.2. The molecule has 3 aromatic rings. The second kappa shape index (κ2) is 7.46. The maximum Gasteiger partial charge on any atom is 0.256 e. The van der Waals surface area contributed by atoms with Crippen LogP contribution in [0.4, 0.5) is 5.82 Å². The van der Waals surface area contributed by atoms with Crippen LogP contribution in [0, 0.1) is 0 Å². The maximum absolute atomic E-state index is 12.4. The third-order valence-electron chi connectivity index (χ3n) is 3.34. The number of sulfonamides is 1. The monoisotopic (exact) mass is 371 g/mol. The summed E-state index contributed by atoms with van der Waals surface area (Å²) in [5, 5.41) is 1.26. The van der Waals surface area contributed by atoms with Crippen molar-refractivity contribution in [2.45, 2.75) is 0 Å². The molecule has 0 saturated carbocycles. The Bertz CT molecular complexity index is 991. The highest BCUT2D eigenvalue weighted by Crippen LogP contribution is 2.32. The highest BCUT2D eigenvalue weighted by atomic mass is 35.5. The summed E-state index contributed by atoms with van der Waals surface area (Å²) in [5.41, 5.74) is 1.93. The average molecular weight is 372 g/mol. The van der Waals surface area contributed by atoms with E-state index in [1.165, 1.54) is 12.4 Å². The molecule has 0 atom stereocenters. The molecule has 0 aliphatic heterocycles. The molecule has 1 aromatic heterocycles. The normalized spacial score (nSPS) is 11.6. The summed E-state index contributed by atoms with van der Waals surface area (Å²) in [6.45, 7) is 0. The lowest BCUT2D eigenvalue weighted by Crippen LogP contribution is -2.11. The molecule has 0 aliphatic rings. The Morgan fingerprint density at radius 3 is 2.24 bits per heavy atom. The highest BCUT2D eigenvalue weighted by Gasteiger charge is 2.16. The number of halogens is 1. The molecule has 0 fully saturated rings. The van der Waals surface area contributed by atoms with Gasteiger partial charge in [0.15, 0.2) is 5.82 Å². The van der Waals surface area contributed by atoms with E-state index in [2.05, 4.69) is 14.7 Å². The average Bonchev–Trinajstić information content (AvgIpc) is 2.62. The minimum atomic E-state index is -3.76. The molecular formula is C18H14ClN3O2S. The molecule has 25 heavy (non-hydrogen) atoms. The Balaban J connectivity index is 1.93. The van der Waals surface area contributed by atoms with Crippen molar-refractivity contribution in [2.75, 3.05) is 4.72 Å². The van der Waals surface area contributed by atoms with Crippen molar-refractivity contribution in [1.82, 2.24) is 9.97 Å². The van der Waals surface area contributed by atoms with E-state index in [1.54, 1.807) is 0 Å². The van der Waals surface area contributed by atoms with Gasteiger partial charge in [0, 0.05) is 0 Å². The molecule has 0 radical (unpaired) electrons. The number of rotatable bonds is 5. The van der Waals surface area contributed by atoms with Gasteiger partial charge in [-0.05, 0) is 17.2 Å². The van der Waals surface area contributed by atoms with Crippen molar-refractivity contribution in [2.24, 2.45) is 0 Å². The Morgan fingerprint density at radius 1 is 0.920 bits per heavy atom. The zero-order valence-corrected chi connectivity index (χ0v) is 14.6. The van der Waals surface area contributed by atoms with Gasteiger partial charge >= 0.3 is 0 Å². The van der Waals surface area contributed by atoms with E-state index in [1.807, 2.05) is 60.7 Å². The summed E-state index contributed by atoms with van der Waals surface area (Å²) in [5.74, 6) is 0.129. The smallest absolute Gasteiger partial charge is 0.256 e. The quantitative estimate of drug-likeness (QED) is 0.682. The topological polar surface area (TPSA) is 72.0 Å². The lowest BCUT2D eigenvalue weighted by molar-refractivity contribution is 0.609. The van der Waals surface area contributed by atoms with E-state index in [4.69, 9.17) is 11.6 Å². The van der Waals surface area contributed by atoms with Gasteiger partial charge in [-0.25, -0.2) is 18.4 Å². The second-order valence-electron chi connectivity index (χ2n) is 5.11. The minimum absolute atomic E-state index is 0.129. The summed E-state index contributed by atoms with van der Waals surface area (Å²) >= 11 is 6.16. The van der Waals surface area contributed by atoms with Gasteiger partial charge in [0.05, 0.1) is 11.0 Å². The maximum atomic E-state index is 12.4. The predicted octanol–water partition coefficient (Wildman–Crippen LogP) is 4.21. The largest absolute Gasteiger partial charge is 0.263 e. The van der Waals surface area contributed by atoms with Gasteiger partial charge in [-0.2, -0.15) is 0 Å². The van der Waals surface area contributed by atoms with Crippen LogP contribution < -0.4 is 4.72 Å². The van der Waals surface area contributed by atoms with Crippen molar-refractivity contribution in [3.8, 4) is 11.1 Å². The first-order valence-electron chi connectivity index (χ1n) is 7.37. The van der Waals surface area contributed by atoms with Crippen molar-refractivity contribution in [1.29, 1.82) is 0 Å². The first-order chi connectivity index (χ1) is 12.1. The zero-order chi connectivity index (χ0) is 17.7. The third-order valence-corrected chi connectivity index (χ3v) is 4.60. The molecule has 0 bridgehead atoms. The van der Waals surface area contributed by atoms with E-state index < -0.39 is 10.0 Å². The number of nitrogens with zero attached hydrogens (tertiary/aromatic N) is 2. The molecule has 1 heterocycles. The lowest BCUT2D eigenvalue weighted by Gasteiger charge is -2.10. The first-order valence-corrected chi connectivity index (χ1v) is 9.29. The van der Waals surface area contributed by atoms with Gasteiger partial charge in [0.25, 0.3) is 10.0 Å². The summed E-state index contributed by atoms with van der Waals surface area (Å²) in [6, 6.07) is 18.3. The van der Waals surface area contributed by atoms with Crippen LogP contribution in [0.15, 0.2) is 72.4 Å². The summed E-state index contributed by atoms with van der Waals surface area (Å²) in [6.07, 6.45) is 2.72. The molecule has 3 rings (SSSR count). The van der Waals surface area contributed by atoms with Crippen LogP contribution in [0.1, 0.15) is 5.56 Å². The van der Waals surface area contributed by atoms with E-state index in [0.717, 1.165) is 16.5 Å². The zero-order valence-electron chi connectivity index (χ0n) is 13.0. The lowest BCUT2D eigenvalue weighted by atomic mass is 10.1. The van der Waals surface area contributed by atoms with Crippen LogP contribution in [0.3, 0.4) is 0 Å². The van der Waals surface area contributed by atoms with E-state index in [0.29, 0.717) is 5.56 Å². The van der Waals surface area contributed by atoms with Crippen LogP contribution in [-0.4, -0.2) is 18.4 Å². The number of nitrogens with one attached hydrogen (secondary N) is 1. The molecular weight excluding hydrogens is 358 g/mol. The number of aromatic nitrogens is 2. The Kier molecular flexibility index (Phi) is 5.11. The molecule has 0 saturated heterocycles. The van der Waals surface area contributed by atoms with Crippen LogP contribution in [0.25, 0.3) is 17.2 Å². The Morgan fingerprint density at radius 2 is 1.56 bits per heavy atom. The van der Waals surface area contributed by atoms with Crippen LogP contribution in [-0.2, 0) is 10.0 Å². The Labute approximate surface area is 151 Å². The number of hydrogen-bond donors (Lipinski definition) is 1. The fourth-order valence-electron chi connectivity index (χ4n) is 2.20. The molecule has 0 aliphatic carbocycles. The summed E-state index contributed by atoms with van der Waals surface area (Å²) in [4.78, 5) is 7.98. The van der Waals surface area contributed by atoms with Gasteiger partial charge in [0.2, 0.25) is 0 Å². The number of hydrogen-bond acceptors (Lipinski definition) is 4. The SMILES string of the molecule is O=S(=O)(/C=C/c1ccccc1)Nc1ncnc(Cl)c1-c1ccccc1. The van der Waals surface area contributed by atoms with Gasteiger partial charge in [0.1, 0.15) is 11.5 Å². The number of anilines is 1. The first kappa shape index (κ1) is 17.1. The predicted molar refractivity (Wildman–Crippen MR) is 100 cm³/mol. The van der Waals surface area contributed by atoms with Gasteiger partial charge < -0.3 is 0 Å². The fraction of sp³-hybridized carbons (Fsp3) is 0. The summed E-state index contributed by atoms with van der Waals surface area (Å²) in [7, 11) is -3.76. The molecule has 0 unspecified atom stereocenters. The molecule has 126 valence electrons. The molecule has 1 N–H and O–H groups in total. The highest BCUT2D eigenvalue weighted by molar-refractivity contribution is 7.95. The Hall–Kier alpha value is -2.70.